The SMILES string of the molecule is FC(F)(F)c1cccc(-c2ccccn2)c1C(F)(F)F. The van der Waals surface area contributed by atoms with Gasteiger partial charge < -0.3 is 0 Å². The van der Waals surface area contributed by atoms with Crippen molar-refractivity contribution in [2.75, 3.05) is 0 Å². The van der Waals surface area contributed by atoms with Crippen LogP contribution in [0.5, 0.6) is 0 Å². The van der Waals surface area contributed by atoms with Crippen molar-refractivity contribution in [3.8, 4) is 11.3 Å². The summed E-state index contributed by atoms with van der Waals surface area (Å²) in [6.45, 7) is 0. The second kappa shape index (κ2) is 4.81. The molecule has 1 heterocycles. The van der Waals surface area contributed by atoms with Crippen LogP contribution in [-0.4, -0.2) is 4.98 Å². The first-order valence-electron chi connectivity index (χ1n) is 5.40. The van der Waals surface area contributed by atoms with Gasteiger partial charge in [0, 0.05) is 11.8 Å². The van der Waals surface area contributed by atoms with E-state index in [2.05, 4.69) is 4.98 Å². The molecule has 106 valence electrons. The molecule has 0 unspecified atom stereocenters. The second-order valence-electron chi connectivity index (χ2n) is 3.94. The van der Waals surface area contributed by atoms with Crippen LogP contribution < -0.4 is 0 Å². The van der Waals surface area contributed by atoms with Crippen molar-refractivity contribution in [3.63, 3.8) is 0 Å². The molecule has 7 heteroatoms. The zero-order chi connectivity index (χ0) is 15.0. The van der Waals surface area contributed by atoms with Crippen molar-refractivity contribution in [1.82, 2.24) is 4.98 Å². The van der Waals surface area contributed by atoms with E-state index in [1.165, 1.54) is 24.4 Å². The lowest BCUT2D eigenvalue weighted by molar-refractivity contribution is -0.161. The van der Waals surface area contributed by atoms with Gasteiger partial charge in [-0.15, -0.1) is 0 Å². The first-order chi connectivity index (χ1) is 9.21. The quantitative estimate of drug-likeness (QED) is 0.689. The predicted molar refractivity (Wildman–Crippen MR) is 59.7 cm³/mol. The Balaban J connectivity index is 2.77. The first kappa shape index (κ1) is 14.4. The molecule has 0 amide bonds. The van der Waals surface area contributed by atoms with Crippen LogP contribution >= 0.6 is 0 Å². The van der Waals surface area contributed by atoms with Crippen LogP contribution in [0.15, 0.2) is 42.6 Å². The molecule has 0 aliphatic rings. The van der Waals surface area contributed by atoms with Crippen LogP contribution in [0.2, 0.25) is 0 Å². The normalized spacial score (nSPS) is 12.5. The Labute approximate surface area is 109 Å². The maximum absolute atomic E-state index is 13.0. The third-order valence-corrected chi connectivity index (χ3v) is 2.59. The Bertz CT molecular complexity index is 600. The molecule has 0 spiro atoms. The van der Waals surface area contributed by atoms with Crippen LogP contribution in [0.1, 0.15) is 11.1 Å². The van der Waals surface area contributed by atoms with Gasteiger partial charge in [0.15, 0.2) is 0 Å². The van der Waals surface area contributed by atoms with Crippen molar-refractivity contribution in [2.24, 2.45) is 0 Å². The predicted octanol–water partition coefficient (Wildman–Crippen LogP) is 4.79. The Kier molecular flexibility index (Phi) is 3.45. The number of rotatable bonds is 1. The highest BCUT2D eigenvalue weighted by atomic mass is 19.4. The largest absolute Gasteiger partial charge is 0.417 e. The molecule has 0 saturated carbocycles. The summed E-state index contributed by atoms with van der Waals surface area (Å²) in [5, 5.41) is 0. The van der Waals surface area contributed by atoms with Gasteiger partial charge in [-0.05, 0) is 18.2 Å². The molecule has 0 radical (unpaired) electrons. The molecule has 1 aromatic carbocycles. The van der Waals surface area contributed by atoms with E-state index in [1.807, 2.05) is 0 Å². The molecule has 0 N–H and O–H groups in total. The minimum absolute atomic E-state index is 0.161. The van der Waals surface area contributed by atoms with Crippen LogP contribution in [-0.2, 0) is 12.4 Å². The fourth-order valence-electron chi connectivity index (χ4n) is 1.83. The summed E-state index contributed by atoms with van der Waals surface area (Å²) in [6.07, 6.45) is -9.00. The maximum Gasteiger partial charge on any atom is 0.417 e. The van der Waals surface area contributed by atoms with Crippen molar-refractivity contribution in [1.29, 1.82) is 0 Å². The van der Waals surface area contributed by atoms with E-state index in [-0.39, 0.29) is 5.69 Å². The van der Waals surface area contributed by atoms with Crippen molar-refractivity contribution in [3.05, 3.63) is 53.7 Å². The Morgan fingerprint density at radius 3 is 1.95 bits per heavy atom. The smallest absolute Gasteiger partial charge is 0.256 e. The van der Waals surface area contributed by atoms with Gasteiger partial charge in [0.1, 0.15) is 0 Å². The number of hydrogen-bond acceptors (Lipinski definition) is 1. The lowest BCUT2D eigenvalue weighted by Gasteiger charge is -2.18. The molecule has 2 rings (SSSR count). The van der Waals surface area contributed by atoms with E-state index in [4.69, 9.17) is 0 Å². The number of benzene rings is 1. The van der Waals surface area contributed by atoms with E-state index in [0.717, 1.165) is 12.1 Å². The number of alkyl halides is 6. The lowest BCUT2D eigenvalue weighted by Crippen LogP contribution is -2.17. The van der Waals surface area contributed by atoms with Gasteiger partial charge in [-0.3, -0.25) is 4.98 Å². The van der Waals surface area contributed by atoms with Crippen molar-refractivity contribution in [2.45, 2.75) is 12.4 Å². The molecule has 2 aromatic rings. The minimum atomic E-state index is -5.13. The highest BCUT2D eigenvalue weighted by Crippen LogP contribution is 2.44. The first-order valence-corrected chi connectivity index (χ1v) is 5.40. The zero-order valence-corrected chi connectivity index (χ0v) is 9.76. The topological polar surface area (TPSA) is 12.9 Å². The Morgan fingerprint density at radius 1 is 0.750 bits per heavy atom. The lowest BCUT2D eigenvalue weighted by atomic mass is 9.97. The van der Waals surface area contributed by atoms with E-state index in [1.54, 1.807) is 0 Å². The summed E-state index contributed by atoms with van der Waals surface area (Å²) in [5.74, 6) is 0. The van der Waals surface area contributed by atoms with Gasteiger partial charge in [0.05, 0.1) is 16.8 Å². The molecule has 0 atom stereocenters. The van der Waals surface area contributed by atoms with E-state index >= 15 is 0 Å². The summed E-state index contributed by atoms with van der Waals surface area (Å²) >= 11 is 0. The fourth-order valence-corrected chi connectivity index (χ4v) is 1.83. The molecular formula is C13H7F6N. The molecule has 1 aromatic heterocycles. The third kappa shape index (κ3) is 2.76. The highest BCUT2D eigenvalue weighted by Gasteiger charge is 2.44. The van der Waals surface area contributed by atoms with Crippen molar-refractivity contribution >= 4 is 0 Å². The molecule has 0 bridgehead atoms. The average molecular weight is 291 g/mol. The summed E-state index contributed by atoms with van der Waals surface area (Å²) in [5.41, 5.74) is -4.18. The standard InChI is InChI=1S/C13H7F6N/c14-12(15,16)9-5-3-4-8(11(9)13(17,18)19)10-6-1-2-7-20-10/h1-7H. The van der Waals surface area contributed by atoms with Gasteiger partial charge in [-0.1, -0.05) is 18.2 Å². The van der Waals surface area contributed by atoms with Crippen LogP contribution in [0.4, 0.5) is 26.3 Å². The average Bonchev–Trinajstić information content (AvgIpc) is 2.37. The summed E-state index contributed by atoms with van der Waals surface area (Å²) in [4.78, 5) is 3.68. The number of aromatic nitrogens is 1. The van der Waals surface area contributed by atoms with E-state index < -0.39 is 29.0 Å². The highest BCUT2D eigenvalue weighted by molar-refractivity contribution is 5.66. The summed E-state index contributed by atoms with van der Waals surface area (Å²) < 4.78 is 77.3. The van der Waals surface area contributed by atoms with Crippen LogP contribution in [0, 0.1) is 0 Å². The summed E-state index contributed by atoms with van der Waals surface area (Å²) in [6, 6.07) is 6.41. The van der Waals surface area contributed by atoms with Gasteiger partial charge in [0.25, 0.3) is 0 Å². The summed E-state index contributed by atoms with van der Waals surface area (Å²) in [7, 11) is 0. The molecule has 20 heavy (non-hydrogen) atoms. The van der Waals surface area contributed by atoms with E-state index in [0.29, 0.717) is 6.07 Å². The zero-order valence-electron chi connectivity index (χ0n) is 9.76. The van der Waals surface area contributed by atoms with Gasteiger partial charge >= 0.3 is 12.4 Å². The number of nitrogens with zero attached hydrogens (tertiary/aromatic N) is 1. The number of pyridine rings is 1. The molecule has 1 nitrogen and oxygen atoms in total. The number of halogens is 6. The van der Waals surface area contributed by atoms with Gasteiger partial charge in [0.2, 0.25) is 0 Å². The van der Waals surface area contributed by atoms with Crippen molar-refractivity contribution < 1.29 is 26.3 Å². The third-order valence-electron chi connectivity index (χ3n) is 2.59. The molecule has 0 aliphatic heterocycles. The van der Waals surface area contributed by atoms with Crippen LogP contribution in [0.3, 0.4) is 0 Å². The van der Waals surface area contributed by atoms with E-state index in [9.17, 15) is 26.3 Å². The van der Waals surface area contributed by atoms with Gasteiger partial charge in [-0.2, -0.15) is 26.3 Å². The Morgan fingerprint density at radius 2 is 1.45 bits per heavy atom. The second-order valence-corrected chi connectivity index (χ2v) is 3.94. The molecule has 0 fully saturated rings. The minimum Gasteiger partial charge on any atom is -0.256 e. The maximum atomic E-state index is 13.0. The molecule has 0 aliphatic carbocycles. The van der Waals surface area contributed by atoms with Gasteiger partial charge in [-0.25, -0.2) is 0 Å². The fraction of sp³-hybridized carbons (Fsp3) is 0.154. The van der Waals surface area contributed by atoms with Crippen LogP contribution in [0.25, 0.3) is 11.3 Å². The monoisotopic (exact) mass is 291 g/mol. The molecular weight excluding hydrogens is 284 g/mol. The number of hydrogen-bond donors (Lipinski definition) is 0. The Hall–Kier alpha value is -2.05. The molecule has 0 saturated heterocycles.